The number of benzene rings is 3. The van der Waals surface area contributed by atoms with Gasteiger partial charge < -0.3 is 10.1 Å². The zero-order valence-corrected chi connectivity index (χ0v) is 15.8. The molecule has 0 aliphatic heterocycles. The van der Waals surface area contributed by atoms with Gasteiger partial charge in [0.15, 0.2) is 5.11 Å². The number of hydrogen-bond acceptors (Lipinski definition) is 3. The summed E-state index contributed by atoms with van der Waals surface area (Å²) in [7, 11) is 0. The molecule has 27 heavy (non-hydrogen) atoms. The second-order valence-electron chi connectivity index (χ2n) is 6.08. The molecule has 0 saturated heterocycles. The van der Waals surface area contributed by atoms with E-state index in [-0.39, 0.29) is 11.0 Å². The molecule has 0 aliphatic carbocycles. The lowest BCUT2D eigenvalue weighted by atomic mass is 10.2. The highest BCUT2D eigenvalue weighted by molar-refractivity contribution is 7.80. The average Bonchev–Trinajstić information content (AvgIpc) is 2.69. The van der Waals surface area contributed by atoms with Crippen molar-refractivity contribution in [3.05, 3.63) is 95.6 Å². The Kier molecular flexibility index (Phi) is 6.18. The summed E-state index contributed by atoms with van der Waals surface area (Å²) in [6, 6.07) is 24.7. The summed E-state index contributed by atoms with van der Waals surface area (Å²) in [6.07, 6.45) is 0. The van der Waals surface area contributed by atoms with E-state index in [0.29, 0.717) is 17.9 Å². The normalized spacial score (nSPS) is 10.1. The lowest BCUT2D eigenvalue weighted by Crippen LogP contribution is -2.34. The molecule has 4 nitrogen and oxygen atoms in total. The molecule has 0 radical (unpaired) electrons. The molecule has 3 rings (SSSR count). The van der Waals surface area contributed by atoms with Gasteiger partial charge in [-0.15, -0.1) is 0 Å². The Morgan fingerprint density at radius 2 is 1.70 bits per heavy atom. The van der Waals surface area contributed by atoms with Crippen LogP contribution < -0.4 is 15.4 Å². The highest BCUT2D eigenvalue weighted by atomic mass is 32.1. The fraction of sp³-hybridized carbons (Fsp3) is 0.0909. The van der Waals surface area contributed by atoms with Gasteiger partial charge in [0.1, 0.15) is 12.4 Å². The van der Waals surface area contributed by atoms with Crippen LogP contribution in [-0.4, -0.2) is 11.0 Å². The van der Waals surface area contributed by atoms with E-state index in [9.17, 15) is 4.79 Å². The Morgan fingerprint density at radius 1 is 0.963 bits per heavy atom. The lowest BCUT2D eigenvalue weighted by molar-refractivity contribution is 0.0977. The summed E-state index contributed by atoms with van der Waals surface area (Å²) < 4.78 is 5.77. The first-order valence-corrected chi connectivity index (χ1v) is 8.97. The van der Waals surface area contributed by atoms with Gasteiger partial charge in [0.05, 0.1) is 0 Å². The molecule has 0 saturated carbocycles. The van der Waals surface area contributed by atoms with Crippen LogP contribution >= 0.6 is 12.2 Å². The third-order valence-electron chi connectivity index (χ3n) is 3.88. The van der Waals surface area contributed by atoms with Gasteiger partial charge in [-0.2, -0.15) is 0 Å². The van der Waals surface area contributed by atoms with Crippen LogP contribution in [0.2, 0.25) is 0 Å². The first-order chi connectivity index (χ1) is 13.1. The zero-order valence-electron chi connectivity index (χ0n) is 14.9. The summed E-state index contributed by atoms with van der Waals surface area (Å²) in [5.41, 5.74) is 3.53. The fourth-order valence-electron chi connectivity index (χ4n) is 2.44. The molecule has 0 bridgehead atoms. The number of ether oxygens (including phenoxy) is 1. The van der Waals surface area contributed by atoms with E-state index in [1.165, 1.54) is 0 Å². The number of carbonyl (C=O) groups is 1. The third-order valence-corrected chi connectivity index (χ3v) is 4.09. The van der Waals surface area contributed by atoms with E-state index in [1.54, 1.807) is 18.2 Å². The van der Waals surface area contributed by atoms with Crippen LogP contribution in [0.1, 0.15) is 21.5 Å². The molecule has 0 atom stereocenters. The van der Waals surface area contributed by atoms with Crippen molar-refractivity contribution >= 4 is 28.9 Å². The number of nitrogens with one attached hydrogen (secondary N) is 2. The molecule has 0 spiro atoms. The molecule has 5 heteroatoms. The zero-order chi connectivity index (χ0) is 19.1. The van der Waals surface area contributed by atoms with Crippen LogP contribution in [0, 0.1) is 6.92 Å². The quantitative estimate of drug-likeness (QED) is 0.634. The predicted molar refractivity (Wildman–Crippen MR) is 112 cm³/mol. The minimum Gasteiger partial charge on any atom is -0.489 e. The summed E-state index contributed by atoms with van der Waals surface area (Å²) in [5, 5.41) is 5.93. The van der Waals surface area contributed by atoms with E-state index in [4.69, 9.17) is 17.0 Å². The summed E-state index contributed by atoms with van der Waals surface area (Å²) >= 11 is 5.22. The molecule has 0 fully saturated rings. The highest BCUT2D eigenvalue weighted by Gasteiger charge is 2.09. The van der Waals surface area contributed by atoms with Gasteiger partial charge >= 0.3 is 0 Å². The fourth-order valence-corrected chi connectivity index (χ4v) is 2.65. The van der Waals surface area contributed by atoms with Crippen LogP contribution in [0.4, 0.5) is 5.69 Å². The molecular formula is C22H20N2O2S. The minimum absolute atomic E-state index is 0.250. The van der Waals surface area contributed by atoms with Gasteiger partial charge in [0, 0.05) is 11.3 Å². The van der Waals surface area contributed by atoms with Gasteiger partial charge in [-0.05, 0) is 55.0 Å². The molecule has 136 valence electrons. The largest absolute Gasteiger partial charge is 0.489 e. The molecular weight excluding hydrogens is 356 g/mol. The van der Waals surface area contributed by atoms with Crippen LogP contribution in [0.3, 0.4) is 0 Å². The van der Waals surface area contributed by atoms with E-state index >= 15 is 0 Å². The van der Waals surface area contributed by atoms with Gasteiger partial charge in [-0.1, -0.05) is 54.1 Å². The monoisotopic (exact) mass is 376 g/mol. The van der Waals surface area contributed by atoms with Crippen molar-refractivity contribution in [3.8, 4) is 5.75 Å². The van der Waals surface area contributed by atoms with Gasteiger partial charge in [-0.3, -0.25) is 10.1 Å². The number of aryl methyl sites for hydroxylation is 1. The number of hydrogen-bond donors (Lipinski definition) is 2. The molecule has 0 heterocycles. The van der Waals surface area contributed by atoms with Crippen molar-refractivity contribution in [3.63, 3.8) is 0 Å². The van der Waals surface area contributed by atoms with Crippen molar-refractivity contribution in [2.75, 3.05) is 5.32 Å². The molecule has 0 aromatic heterocycles. The molecule has 3 aromatic rings. The average molecular weight is 376 g/mol. The maximum Gasteiger partial charge on any atom is 0.257 e. The molecule has 2 N–H and O–H groups in total. The van der Waals surface area contributed by atoms with Crippen molar-refractivity contribution in [2.45, 2.75) is 13.5 Å². The summed E-state index contributed by atoms with van der Waals surface area (Å²) in [6.45, 7) is 2.45. The lowest BCUT2D eigenvalue weighted by Gasteiger charge is -2.11. The predicted octanol–water partition coefficient (Wildman–Crippen LogP) is 4.70. The van der Waals surface area contributed by atoms with E-state index in [0.717, 1.165) is 16.8 Å². The summed E-state index contributed by atoms with van der Waals surface area (Å²) in [4.78, 5) is 12.4. The molecule has 1 amide bonds. The number of carbonyl (C=O) groups excluding carboxylic acids is 1. The highest BCUT2D eigenvalue weighted by Crippen LogP contribution is 2.15. The SMILES string of the molecule is Cc1ccc(NC(=S)NC(=O)c2cccc(OCc3ccccc3)c2)cc1. The Hall–Kier alpha value is -3.18. The van der Waals surface area contributed by atoms with Crippen LogP contribution in [0.25, 0.3) is 0 Å². The second-order valence-corrected chi connectivity index (χ2v) is 6.48. The number of anilines is 1. The maximum absolute atomic E-state index is 12.4. The first-order valence-electron chi connectivity index (χ1n) is 8.56. The second kappa shape index (κ2) is 8.96. The Morgan fingerprint density at radius 3 is 2.44 bits per heavy atom. The van der Waals surface area contributed by atoms with Crippen molar-refractivity contribution in [2.24, 2.45) is 0 Å². The van der Waals surface area contributed by atoms with Gasteiger partial charge in [0.25, 0.3) is 5.91 Å². The van der Waals surface area contributed by atoms with E-state index < -0.39 is 0 Å². The topological polar surface area (TPSA) is 50.4 Å². The third kappa shape index (κ3) is 5.66. The van der Waals surface area contributed by atoms with Crippen LogP contribution in [-0.2, 0) is 6.61 Å². The van der Waals surface area contributed by atoms with E-state index in [1.807, 2.05) is 67.6 Å². The first kappa shape index (κ1) is 18.6. The molecule has 3 aromatic carbocycles. The summed E-state index contributed by atoms with van der Waals surface area (Å²) in [5.74, 6) is 0.341. The molecule has 0 unspecified atom stereocenters. The van der Waals surface area contributed by atoms with Crippen LogP contribution in [0.5, 0.6) is 5.75 Å². The standard InChI is InChI=1S/C22H20N2O2S/c1-16-10-12-19(13-11-16)23-22(27)24-21(25)18-8-5-9-20(14-18)26-15-17-6-3-2-4-7-17/h2-14H,15H2,1H3,(H2,23,24,25,27). The van der Waals surface area contributed by atoms with Crippen molar-refractivity contribution in [1.82, 2.24) is 5.32 Å². The smallest absolute Gasteiger partial charge is 0.257 e. The van der Waals surface area contributed by atoms with E-state index in [2.05, 4.69) is 10.6 Å². The minimum atomic E-state index is -0.287. The molecule has 0 aliphatic rings. The Bertz CT molecular complexity index is 925. The Labute approximate surface area is 164 Å². The number of amides is 1. The Balaban J connectivity index is 1.57. The van der Waals surface area contributed by atoms with Gasteiger partial charge in [0.2, 0.25) is 0 Å². The van der Waals surface area contributed by atoms with Crippen LogP contribution in [0.15, 0.2) is 78.9 Å². The van der Waals surface area contributed by atoms with Crippen molar-refractivity contribution in [1.29, 1.82) is 0 Å². The number of thiocarbonyl (C=S) groups is 1. The number of rotatable bonds is 5. The maximum atomic E-state index is 12.4. The van der Waals surface area contributed by atoms with Crippen molar-refractivity contribution < 1.29 is 9.53 Å². The van der Waals surface area contributed by atoms with Gasteiger partial charge in [-0.25, -0.2) is 0 Å².